The summed E-state index contributed by atoms with van der Waals surface area (Å²) in [5.41, 5.74) is 10.4. The van der Waals surface area contributed by atoms with Crippen LogP contribution < -0.4 is 11.3 Å². The number of Topliss-reactive ketones (excluding diaryl/α,β-unsaturated/α-hetero) is 1. The van der Waals surface area contributed by atoms with Crippen molar-refractivity contribution < 1.29 is 13.6 Å². The molecule has 0 aliphatic rings. The van der Waals surface area contributed by atoms with Gasteiger partial charge in [0, 0.05) is 31.3 Å². The van der Waals surface area contributed by atoms with Crippen LogP contribution in [0.25, 0.3) is 16.9 Å². The molecule has 0 unspecified atom stereocenters. The maximum Gasteiger partial charge on any atom is 0.264 e. The lowest BCUT2D eigenvalue weighted by molar-refractivity contribution is 0.0980. The highest BCUT2D eigenvalue weighted by Gasteiger charge is 2.16. The molecule has 0 bridgehead atoms. The number of ketones is 1. The number of halogens is 2. The molecule has 0 fully saturated rings. The molecule has 46 heavy (non-hydrogen) atoms. The maximum atomic E-state index is 13.6. The van der Waals surface area contributed by atoms with Gasteiger partial charge in [0.25, 0.3) is 5.56 Å². The number of aromatic amines is 1. The molecular formula is C33H31F2N9O2. The fraction of sp³-hybridized carbons (Fsp3) is 0.212. The zero-order valence-corrected chi connectivity index (χ0v) is 25.2. The number of carbonyl (C=O) groups excluding carboxylic acids is 1. The SMILES string of the molecule is CN(C)Cc1ccc(Cc2nc(N)n(-c3ccc4[nH]c(CCC(=O)c5cncn(Cc6ccc(F)c(F)c6)c5=O)cc4n3)n2)cc1. The number of rotatable bonds is 11. The molecule has 13 heteroatoms. The highest BCUT2D eigenvalue weighted by molar-refractivity contribution is 5.95. The molecule has 0 atom stereocenters. The summed E-state index contributed by atoms with van der Waals surface area (Å²) in [6, 6.07) is 17.1. The molecule has 11 nitrogen and oxygen atoms in total. The van der Waals surface area contributed by atoms with Gasteiger partial charge >= 0.3 is 0 Å². The minimum atomic E-state index is -1.02. The molecule has 6 aromatic rings. The molecule has 0 radical (unpaired) electrons. The first-order valence-corrected chi connectivity index (χ1v) is 14.6. The average Bonchev–Trinajstić information content (AvgIpc) is 3.61. The van der Waals surface area contributed by atoms with Crippen LogP contribution in [-0.2, 0) is 25.9 Å². The maximum absolute atomic E-state index is 13.6. The van der Waals surface area contributed by atoms with E-state index >= 15 is 0 Å². The number of nitrogens with zero attached hydrogens (tertiary/aromatic N) is 7. The van der Waals surface area contributed by atoms with E-state index in [1.807, 2.05) is 26.2 Å². The van der Waals surface area contributed by atoms with Crippen molar-refractivity contribution in [2.45, 2.75) is 32.4 Å². The topological polar surface area (TPSA) is 141 Å². The van der Waals surface area contributed by atoms with Crippen LogP contribution in [0.2, 0.25) is 0 Å². The van der Waals surface area contributed by atoms with Gasteiger partial charge in [0.2, 0.25) is 5.95 Å². The molecular weight excluding hydrogens is 592 g/mol. The molecule has 4 aromatic heterocycles. The van der Waals surface area contributed by atoms with Gasteiger partial charge in [-0.1, -0.05) is 30.3 Å². The lowest BCUT2D eigenvalue weighted by Gasteiger charge is -2.09. The van der Waals surface area contributed by atoms with Crippen LogP contribution in [0, 0.1) is 11.6 Å². The third-order valence-electron chi connectivity index (χ3n) is 7.45. The molecule has 2 aromatic carbocycles. The molecule has 6 rings (SSSR count). The van der Waals surface area contributed by atoms with Crippen molar-refractivity contribution in [1.82, 2.24) is 39.2 Å². The van der Waals surface area contributed by atoms with Crippen molar-refractivity contribution in [3.63, 3.8) is 0 Å². The Morgan fingerprint density at radius 1 is 0.957 bits per heavy atom. The number of nitrogens with two attached hydrogens (primary N) is 1. The predicted molar refractivity (Wildman–Crippen MR) is 169 cm³/mol. The Labute approximate surface area is 262 Å². The summed E-state index contributed by atoms with van der Waals surface area (Å²) in [5.74, 6) is -1.08. The van der Waals surface area contributed by atoms with E-state index in [1.165, 1.54) is 33.4 Å². The number of hydrogen-bond donors (Lipinski definition) is 2. The van der Waals surface area contributed by atoms with Crippen molar-refractivity contribution in [1.29, 1.82) is 0 Å². The van der Waals surface area contributed by atoms with E-state index in [1.54, 1.807) is 6.07 Å². The van der Waals surface area contributed by atoms with Gasteiger partial charge in [0.15, 0.2) is 29.1 Å². The standard InChI is InChI=1S/C33H31F2N9O2/c1-42(2)17-21-5-3-20(4-6-21)14-30-40-33(36)44(41-30)31-12-10-27-28(39-31)15-23(38-27)8-11-29(45)24-16-37-19-43(32(24)46)18-22-7-9-25(34)26(35)13-22/h3-7,9-10,12-13,15-16,19,38H,8,11,14,17-18H2,1-2H3,(H2,36,40,41). The van der Waals surface area contributed by atoms with Gasteiger partial charge in [-0.25, -0.2) is 18.7 Å². The Morgan fingerprint density at radius 3 is 2.48 bits per heavy atom. The molecule has 234 valence electrons. The van der Waals surface area contributed by atoms with Crippen LogP contribution in [0.15, 0.2) is 78.0 Å². The van der Waals surface area contributed by atoms with E-state index in [9.17, 15) is 18.4 Å². The summed E-state index contributed by atoms with van der Waals surface area (Å²) in [7, 11) is 4.06. The molecule has 0 saturated heterocycles. The Kier molecular flexibility index (Phi) is 8.49. The van der Waals surface area contributed by atoms with E-state index in [2.05, 4.69) is 49.2 Å². The average molecular weight is 624 g/mol. The molecule has 0 aliphatic carbocycles. The van der Waals surface area contributed by atoms with Crippen LogP contribution in [0.3, 0.4) is 0 Å². The third kappa shape index (κ3) is 6.74. The molecule has 4 heterocycles. The molecule has 0 aliphatic heterocycles. The molecule has 0 saturated carbocycles. The zero-order valence-electron chi connectivity index (χ0n) is 25.2. The van der Waals surface area contributed by atoms with Gasteiger partial charge in [-0.15, -0.1) is 5.10 Å². The predicted octanol–water partition coefficient (Wildman–Crippen LogP) is 4.08. The number of aromatic nitrogens is 7. The number of hydrogen-bond acceptors (Lipinski definition) is 8. The monoisotopic (exact) mass is 623 g/mol. The number of anilines is 1. The van der Waals surface area contributed by atoms with E-state index in [4.69, 9.17) is 10.7 Å². The number of nitrogens with one attached hydrogen (secondary N) is 1. The van der Waals surface area contributed by atoms with Gasteiger partial charge < -0.3 is 15.6 Å². The second-order valence-electron chi connectivity index (χ2n) is 11.3. The minimum Gasteiger partial charge on any atom is -0.368 e. The van der Waals surface area contributed by atoms with Gasteiger partial charge in [0.1, 0.15) is 5.56 Å². The lowest BCUT2D eigenvalue weighted by Crippen LogP contribution is -2.27. The Morgan fingerprint density at radius 2 is 1.72 bits per heavy atom. The van der Waals surface area contributed by atoms with Crippen LogP contribution in [0.5, 0.6) is 0 Å². The van der Waals surface area contributed by atoms with E-state index in [-0.39, 0.29) is 30.3 Å². The fourth-order valence-electron chi connectivity index (χ4n) is 5.20. The van der Waals surface area contributed by atoms with Gasteiger partial charge in [-0.05, 0) is 67.5 Å². The number of H-pyrrole nitrogens is 1. The van der Waals surface area contributed by atoms with Crippen LogP contribution in [0.1, 0.15) is 45.0 Å². The van der Waals surface area contributed by atoms with Crippen molar-refractivity contribution in [3.8, 4) is 5.82 Å². The van der Waals surface area contributed by atoms with E-state index in [0.717, 1.165) is 35.5 Å². The normalized spacial score (nSPS) is 11.5. The van der Waals surface area contributed by atoms with Crippen LogP contribution in [-0.4, -0.2) is 59.1 Å². The van der Waals surface area contributed by atoms with Crippen molar-refractivity contribution in [3.05, 3.63) is 129 Å². The van der Waals surface area contributed by atoms with Crippen LogP contribution in [0.4, 0.5) is 14.7 Å². The minimum absolute atomic E-state index is 0.0430. The number of fused-ring (bicyclic) bond motifs is 1. The zero-order chi connectivity index (χ0) is 32.4. The summed E-state index contributed by atoms with van der Waals surface area (Å²) in [5, 5.41) is 4.58. The first kappa shape index (κ1) is 30.5. The first-order valence-electron chi connectivity index (χ1n) is 14.6. The Hall–Kier alpha value is -5.56. The van der Waals surface area contributed by atoms with Crippen molar-refractivity contribution in [2.75, 3.05) is 19.8 Å². The van der Waals surface area contributed by atoms with Gasteiger partial charge in [-0.2, -0.15) is 9.67 Å². The summed E-state index contributed by atoms with van der Waals surface area (Å²) in [6.07, 6.45) is 3.38. The number of benzene rings is 2. The summed E-state index contributed by atoms with van der Waals surface area (Å²) >= 11 is 0. The second kappa shape index (κ2) is 12.8. The molecule has 0 spiro atoms. The highest BCUT2D eigenvalue weighted by Crippen LogP contribution is 2.19. The van der Waals surface area contributed by atoms with Crippen molar-refractivity contribution in [2.24, 2.45) is 0 Å². The summed E-state index contributed by atoms with van der Waals surface area (Å²) in [4.78, 5) is 44.5. The van der Waals surface area contributed by atoms with Gasteiger partial charge in [-0.3, -0.25) is 14.2 Å². The number of aryl methyl sites for hydroxylation is 1. The van der Waals surface area contributed by atoms with E-state index in [0.29, 0.717) is 35.6 Å². The quantitative estimate of drug-likeness (QED) is 0.206. The summed E-state index contributed by atoms with van der Waals surface area (Å²) < 4.78 is 29.6. The smallest absolute Gasteiger partial charge is 0.264 e. The Balaban J connectivity index is 1.12. The highest BCUT2D eigenvalue weighted by atomic mass is 19.2. The molecule has 0 amide bonds. The number of nitrogen functional groups attached to an aromatic ring is 1. The first-order chi connectivity index (χ1) is 22.1. The van der Waals surface area contributed by atoms with E-state index < -0.39 is 17.2 Å². The number of carbonyl (C=O) groups is 1. The van der Waals surface area contributed by atoms with Crippen molar-refractivity contribution >= 4 is 22.8 Å². The van der Waals surface area contributed by atoms with Crippen LogP contribution >= 0.6 is 0 Å². The Bertz CT molecular complexity index is 2100. The largest absolute Gasteiger partial charge is 0.368 e. The van der Waals surface area contributed by atoms with Gasteiger partial charge in [0.05, 0.1) is 23.9 Å². The second-order valence-corrected chi connectivity index (χ2v) is 11.3. The number of pyridine rings is 1. The molecule has 3 N–H and O–H groups in total. The lowest BCUT2D eigenvalue weighted by atomic mass is 10.1. The summed E-state index contributed by atoms with van der Waals surface area (Å²) in [6.45, 7) is 0.809. The fourth-order valence-corrected chi connectivity index (χ4v) is 5.20. The third-order valence-corrected chi connectivity index (χ3v) is 7.45.